The smallest absolute Gasteiger partial charge is 0.253 e. The molecule has 0 saturated carbocycles. The number of pyridine rings is 1. The Balaban J connectivity index is 1.72. The summed E-state index contributed by atoms with van der Waals surface area (Å²) in [5, 5.41) is 6.37. The van der Waals surface area contributed by atoms with Gasteiger partial charge in [0.2, 0.25) is 0 Å². The molecule has 1 aliphatic heterocycles. The van der Waals surface area contributed by atoms with E-state index in [1.807, 2.05) is 6.92 Å². The highest BCUT2D eigenvalue weighted by molar-refractivity contribution is 5.96. The Morgan fingerprint density at radius 2 is 2.20 bits per heavy atom. The molecule has 2 N–H and O–H groups in total. The monoisotopic (exact) mass is 343 g/mol. The summed E-state index contributed by atoms with van der Waals surface area (Å²) >= 11 is 0. The Morgan fingerprint density at radius 3 is 2.96 bits per heavy atom. The summed E-state index contributed by atoms with van der Waals surface area (Å²) in [6, 6.07) is 1.62. The minimum atomic E-state index is -0.176. The molecule has 0 aromatic carbocycles. The van der Waals surface area contributed by atoms with Crippen LogP contribution in [0.3, 0.4) is 0 Å². The summed E-state index contributed by atoms with van der Waals surface area (Å²) in [5.41, 5.74) is 1.27. The van der Waals surface area contributed by atoms with Gasteiger partial charge in [0.05, 0.1) is 37.6 Å². The molecule has 2 atom stereocenters. The Kier molecular flexibility index (Phi) is 5.39. The van der Waals surface area contributed by atoms with Crippen LogP contribution in [-0.2, 0) is 4.74 Å². The molecule has 132 valence electrons. The highest BCUT2D eigenvalue weighted by atomic mass is 16.5. The number of aromatic nitrogens is 3. The van der Waals surface area contributed by atoms with Gasteiger partial charge in [0.15, 0.2) is 0 Å². The van der Waals surface area contributed by atoms with Gasteiger partial charge < -0.3 is 20.1 Å². The molecule has 3 heterocycles. The van der Waals surface area contributed by atoms with Gasteiger partial charge in [-0.1, -0.05) is 0 Å². The van der Waals surface area contributed by atoms with Gasteiger partial charge in [0.25, 0.3) is 5.91 Å². The van der Waals surface area contributed by atoms with E-state index in [4.69, 9.17) is 9.47 Å². The molecular formula is C17H21N5O3. The van der Waals surface area contributed by atoms with Crippen LogP contribution in [0.2, 0.25) is 0 Å². The first-order valence-electron chi connectivity index (χ1n) is 8.08. The number of hydrogen-bond acceptors (Lipinski definition) is 7. The highest BCUT2D eigenvalue weighted by Crippen LogP contribution is 2.20. The van der Waals surface area contributed by atoms with Crippen molar-refractivity contribution >= 4 is 11.7 Å². The van der Waals surface area contributed by atoms with Crippen LogP contribution >= 0.6 is 0 Å². The lowest BCUT2D eigenvalue weighted by Crippen LogP contribution is -2.52. The number of nitrogens with one attached hydrogen (secondary N) is 2. The van der Waals surface area contributed by atoms with Crippen molar-refractivity contribution < 1.29 is 14.3 Å². The molecule has 1 aliphatic rings. The Bertz CT molecular complexity index is 725. The summed E-state index contributed by atoms with van der Waals surface area (Å²) in [6.07, 6.45) is 7.01. The normalized spacial score (nSPS) is 19.9. The van der Waals surface area contributed by atoms with E-state index in [1.165, 1.54) is 6.33 Å². The molecule has 8 nitrogen and oxygen atoms in total. The zero-order valence-electron chi connectivity index (χ0n) is 14.2. The average Bonchev–Trinajstić information content (AvgIpc) is 2.64. The van der Waals surface area contributed by atoms with Crippen LogP contribution in [0.15, 0.2) is 31.0 Å². The lowest BCUT2D eigenvalue weighted by molar-refractivity contribution is 0.0619. The van der Waals surface area contributed by atoms with E-state index < -0.39 is 0 Å². The fourth-order valence-electron chi connectivity index (χ4n) is 2.81. The van der Waals surface area contributed by atoms with Crippen molar-refractivity contribution in [1.29, 1.82) is 0 Å². The van der Waals surface area contributed by atoms with Crippen molar-refractivity contribution in [1.82, 2.24) is 20.3 Å². The molecule has 0 aliphatic carbocycles. The fraction of sp³-hybridized carbons (Fsp3) is 0.412. The molecule has 1 saturated heterocycles. The van der Waals surface area contributed by atoms with E-state index in [2.05, 4.69) is 25.6 Å². The molecule has 0 radical (unpaired) electrons. The number of hydrogen-bond donors (Lipinski definition) is 2. The lowest BCUT2D eigenvalue weighted by atomic mass is 10.0. The van der Waals surface area contributed by atoms with Crippen LogP contribution in [0.25, 0.3) is 0 Å². The third kappa shape index (κ3) is 4.03. The minimum Gasteiger partial charge on any atom is -0.495 e. The second-order valence-electron chi connectivity index (χ2n) is 5.80. The topological polar surface area (TPSA) is 98.3 Å². The molecule has 1 fully saturated rings. The molecule has 1 amide bonds. The SMILES string of the molecule is COc1cncc(C(=O)N[C@H]2CCOC[C@H]2Nc2ccncn2)c1C. The van der Waals surface area contributed by atoms with Gasteiger partial charge in [0.1, 0.15) is 17.9 Å². The van der Waals surface area contributed by atoms with Crippen LogP contribution in [-0.4, -0.2) is 53.3 Å². The van der Waals surface area contributed by atoms with Gasteiger partial charge in [-0.15, -0.1) is 0 Å². The largest absolute Gasteiger partial charge is 0.495 e. The molecule has 25 heavy (non-hydrogen) atoms. The first-order chi connectivity index (χ1) is 12.2. The van der Waals surface area contributed by atoms with Crippen molar-refractivity contribution in [2.24, 2.45) is 0 Å². The summed E-state index contributed by atoms with van der Waals surface area (Å²) in [6.45, 7) is 2.93. The van der Waals surface area contributed by atoms with E-state index in [9.17, 15) is 4.79 Å². The third-order valence-electron chi connectivity index (χ3n) is 4.22. The second-order valence-corrected chi connectivity index (χ2v) is 5.80. The van der Waals surface area contributed by atoms with Crippen molar-refractivity contribution in [3.63, 3.8) is 0 Å². The second kappa shape index (κ2) is 7.89. The van der Waals surface area contributed by atoms with E-state index in [0.717, 1.165) is 5.56 Å². The van der Waals surface area contributed by atoms with Crippen LogP contribution in [0.5, 0.6) is 5.75 Å². The van der Waals surface area contributed by atoms with Gasteiger partial charge in [-0.25, -0.2) is 9.97 Å². The predicted molar refractivity (Wildman–Crippen MR) is 91.7 cm³/mol. The number of rotatable bonds is 5. The summed E-state index contributed by atoms with van der Waals surface area (Å²) < 4.78 is 10.8. The first-order valence-corrected chi connectivity index (χ1v) is 8.08. The average molecular weight is 343 g/mol. The fourth-order valence-corrected chi connectivity index (χ4v) is 2.81. The van der Waals surface area contributed by atoms with Gasteiger partial charge >= 0.3 is 0 Å². The maximum Gasteiger partial charge on any atom is 0.253 e. The summed E-state index contributed by atoms with van der Waals surface area (Å²) in [5.74, 6) is 1.12. The standard InChI is InChI=1S/C17H21N5O3/c1-11-12(7-19-8-15(11)24-2)17(23)22-13-4-6-25-9-14(13)21-16-3-5-18-10-20-16/h3,5,7-8,10,13-14H,4,6,9H2,1-2H3,(H,22,23)(H,18,20,21)/t13-,14+/m0/s1. The van der Waals surface area contributed by atoms with E-state index >= 15 is 0 Å². The number of anilines is 1. The van der Waals surface area contributed by atoms with Crippen LogP contribution in [0, 0.1) is 6.92 Å². The quantitative estimate of drug-likeness (QED) is 0.841. The number of carbonyl (C=O) groups is 1. The Morgan fingerprint density at radius 1 is 1.32 bits per heavy atom. The molecule has 0 spiro atoms. The van der Waals surface area contributed by atoms with Crippen molar-refractivity contribution in [3.05, 3.63) is 42.1 Å². The maximum atomic E-state index is 12.7. The van der Waals surface area contributed by atoms with Crippen LogP contribution in [0.4, 0.5) is 5.82 Å². The molecule has 0 unspecified atom stereocenters. The van der Waals surface area contributed by atoms with Crippen LogP contribution in [0.1, 0.15) is 22.3 Å². The molecule has 2 aromatic rings. The number of nitrogens with zero attached hydrogens (tertiary/aromatic N) is 3. The third-order valence-corrected chi connectivity index (χ3v) is 4.22. The number of amides is 1. The van der Waals surface area contributed by atoms with Gasteiger partial charge in [-0.05, 0) is 19.4 Å². The summed E-state index contributed by atoms with van der Waals surface area (Å²) in [4.78, 5) is 24.8. The molecular weight excluding hydrogens is 322 g/mol. The molecule has 0 bridgehead atoms. The first kappa shape index (κ1) is 17.1. The Hall–Kier alpha value is -2.74. The van der Waals surface area contributed by atoms with Gasteiger partial charge in [0, 0.05) is 24.6 Å². The van der Waals surface area contributed by atoms with Crippen molar-refractivity contribution in [2.45, 2.75) is 25.4 Å². The van der Waals surface area contributed by atoms with Crippen molar-refractivity contribution in [2.75, 3.05) is 25.6 Å². The van der Waals surface area contributed by atoms with E-state index in [0.29, 0.717) is 36.8 Å². The number of methoxy groups -OCH3 is 1. The zero-order chi connectivity index (χ0) is 17.6. The Labute approximate surface area is 146 Å². The lowest BCUT2D eigenvalue weighted by Gasteiger charge is -2.33. The maximum absolute atomic E-state index is 12.7. The van der Waals surface area contributed by atoms with E-state index in [1.54, 1.807) is 31.8 Å². The van der Waals surface area contributed by atoms with Crippen molar-refractivity contribution in [3.8, 4) is 5.75 Å². The predicted octanol–water partition coefficient (Wildman–Crippen LogP) is 1.19. The zero-order valence-corrected chi connectivity index (χ0v) is 14.2. The molecule has 3 rings (SSSR count). The van der Waals surface area contributed by atoms with Gasteiger partial charge in [-0.3, -0.25) is 9.78 Å². The number of ether oxygens (including phenoxy) is 2. The van der Waals surface area contributed by atoms with E-state index in [-0.39, 0.29) is 18.0 Å². The number of carbonyl (C=O) groups excluding carboxylic acids is 1. The molecule has 2 aromatic heterocycles. The highest BCUT2D eigenvalue weighted by Gasteiger charge is 2.28. The summed E-state index contributed by atoms with van der Waals surface area (Å²) in [7, 11) is 1.56. The van der Waals surface area contributed by atoms with Gasteiger partial charge in [-0.2, -0.15) is 0 Å². The molecule has 8 heteroatoms. The van der Waals surface area contributed by atoms with Crippen LogP contribution < -0.4 is 15.4 Å². The minimum absolute atomic E-state index is 0.0773.